The van der Waals surface area contributed by atoms with E-state index in [4.69, 9.17) is 10.3 Å². The van der Waals surface area contributed by atoms with Crippen molar-refractivity contribution < 1.29 is 4.52 Å². The van der Waals surface area contributed by atoms with Crippen LogP contribution in [0.4, 0.5) is 0 Å². The topological polar surface area (TPSA) is 52.0 Å². The molecule has 0 atom stereocenters. The zero-order valence-corrected chi connectivity index (χ0v) is 10.3. The van der Waals surface area contributed by atoms with Gasteiger partial charge in [0.1, 0.15) is 0 Å². The van der Waals surface area contributed by atoms with Gasteiger partial charge in [-0.05, 0) is 22.0 Å². The summed E-state index contributed by atoms with van der Waals surface area (Å²) in [6, 6.07) is 6.01. The Labute approximate surface area is 96.7 Å². The molecule has 1 aromatic carbocycles. The highest BCUT2D eigenvalue weighted by Gasteiger charge is 2.23. The number of fused-ring (bicyclic) bond motifs is 1. The van der Waals surface area contributed by atoms with E-state index in [2.05, 4.69) is 34.9 Å². The predicted octanol–water partition coefficient (Wildman–Crippen LogP) is 2.83. The van der Waals surface area contributed by atoms with Gasteiger partial charge in [0, 0.05) is 17.5 Å². The maximum atomic E-state index is 5.76. The first-order chi connectivity index (χ1) is 7.06. The number of aromatic nitrogens is 1. The second-order valence-electron chi connectivity index (χ2n) is 4.24. The zero-order valence-electron chi connectivity index (χ0n) is 8.75. The summed E-state index contributed by atoms with van der Waals surface area (Å²) in [6.45, 7) is 4.76. The number of nitrogens with two attached hydrogens (primary N) is 1. The van der Waals surface area contributed by atoms with Crippen LogP contribution in [0.3, 0.4) is 0 Å². The second kappa shape index (κ2) is 3.61. The van der Waals surface area contributed by atoms with Gasteiger partial charge < -0.3 is 10.3 Å². The second-order valence-corrected chi connectivity index (χ2v) is 4.99. The van der Waals surface area contributed by atoms with Gasteiger partial charge in [-0.1, -0.05) is 31.1 Å². The van der Waals surface area contributed by atoms with Gasteiger partial charge in [-0.25, -0.2) is 0 Å². The molecule has 0 amide bonds. The number of benzene rings is 1. The molecule has 0 radical (unpaired) electrons. The summed E-state index contributed by atoms with van der Waals surface area (Å²) < 4.78 is 6.06. The smallest absolute Gasteiger partial charge is 0.171 e. The Morgan fingerprint density at radius 3 is 2.87 bits per heavy atom. The lowest BCUT2D eigenvalue weighted by Crippen LogP contribution is -2.28. The first-order valence-electron chi connectivity index (χ1n) is 4.81. The lowest BCUT2D eigenvalue weighted by molar-refractivity contribution is 0.438. The fraction of sp³-hybridized carbons (Fsp3) is 0.364. The standard InChI is InChI=1S/C11H13BrN2O/c1-11(2,6-13)8-5-3-4-7-9(8)15-14-10(7)12/h3-5H,6,13H2,1-2H3. The molecular weight excluding hydrogens is 256 g/mol. The maximum absolute atomic E-state index is 5.76. The van der Waals surface area contributed by atoms with Crippen LogP contribution in [-0.4, -0.2) is 11.7 Å². The van der Waals surface area contributed by atoms with E-state index in [1.807, 2.05) is 18.2 Å². The summed E-state index contributed by atoms with van der Waals surface area (Å²) in [7, 11) is 0. The van der Waals surface area contributed by atoms with Crippen LogP contribution in [0.15, 0.2) is 27.3 Å². The van der Waals surface area contributed by atoms with E-state index in [9.17, 15) is 0 Å². The predicted molar refractivity (Wildman–Crippen MR) is 63.8 cm³/mol. The Morgan fingerprint density at radius 1 is 1.47 bits per heavy atom. The van der Waals surface area contributed by atoms with Crippen LogP contribution in [-0.2, 0) is 5.41 Å². The van der Waals surface area contributed by atoms with Crippen LogP contribution >= 0.6 is 15.9 Å². The quantitative estimate of drug-likeness (QED) is 0.912. The van der Waals surface area contributed by atoms with Gasteiger partial charge in [-0.2, -0.15) is 0 Å². The third-order valence-corrected chi connectivity index (χ3v) is 3.27. The first kappa shape index (κ1) is 10.6. The van der Waals surface area contributed by atoms with Crippen LogP contribution in [0.1, 0.15) is 19.4 Å². The lowest BCUT2D eigenvalue weighted by Gasteiger charge is -2.22. The van der Waals surface area contributed by atoms with Crippen molar-refractivity contribution in [2.45, 2.75) is 19.3 Å². The van der Waals surface area contributed by atoms with Crippen LogP contribution in [0.2, 0.25) is 0 Å². The Morgan fingerprint density at radius 2 is 2.20 bits per heavy atom. The fourth-order valence-corrected chi connectivity index (χ4v) is 1.96. The van der Waals surface area contributed by atoms with Crippen LogP contribution in [0.5, 0.6) is 0 Å². The van der Waals surface area contributed by atoms with E-state index >= 15 is 0 Å². The molecule has 0 aliphatic carbocycles. The van der Waals surface area contributed by atoms with Crippen molar-refractivity contribution in [3.8, 4) is 0 Å². The number of rotatable bonds is 2. The van der Waals surface area contributed by atoms with Gasteiger partial charge in [0.2, 0.25) is 0 Å². The number of halogens is 1. The summed E-state index contributed by atoms with van der Waals surface area (Å²) in [5, 5.41) is 4.90. The van der Waals surface area contributed by atoms with Gasteiger partial charge in [0.05, 0.1) is 5.39 Å². The third-order valence-electron chi connectivity index (χ3n) is 2.69. The van der Waals surface area contributed by atoms with Crippen molar-refractivity contribution in [1.82, 2.24) is 5.16 Å². The van der Waals surface area contributed by atoms with Gasteiger partial charge in [-0.3, -0.25) is 0 Å². The molecule has 0 spiro atoms. The Hall–Kier alpha value is -0.870. The number of hydrogen-bond acceptors (Lipinski definition) is 3. The average molecular weight is 269 g/mol. The van der Waals surface area contributed by atoms with Crippen molar-refractivity contribution in [3.63, 3.8) is 0 Å². The minimum atomic E-state index is -0.0987. The van der Waals surface area contributed by atoms with Crippen molar-refractivity contribution in [2.24, 2.45) is 5.73 Å². The highest BCUT2D eigenvalue weighted by molar-refractivity contribution is 9.10. The van der Waals surface area contributed by atoms with Gasteiger partial charge >= 0.3 is 0 Å². The molecule has 0 bridgehead atoms. The summed E-state index contributed by atoms with van der Waals surface area (Å²) >= 11 is 3.35. The average Bonchev–Trinajstić information content (AvgIpc) is 2.60. The summed E-state index contributed by atoms with van der Waals surface area (Å²) in [5.74, 6) is 0. The van der Waals surface area contributed by atoms with Crippen molar-refractivity contribution in [1.29, 1.82) is 0 Å². The third kappa shape index (κ3) is 1.68. The molecule has 1 heterocycles. The van der Waals surface area contributed by atoms with Crippen molar-refractivity contribution >= 4 is 26.9 Å². The molecule has 0 saturated carbocycles. The van der Waals surface area contributed by atoms with E-state index in [1.54, 1.807) is 0 Å². The molecule has 2 aromatic rings. The van der Waals surface area contributed by atoms with Crippen LogP contribution in [0.25, 0.3) is 11.0 Å². The zero-order chi connectivity index (χ0) is 11.1. The summed E-state index contributed by atoms with van der Waals surface area (Å²) in [5.41, 5.74) is 7.58. The normalized spacial score (nSPS) is 12.3. The SMILES string of the molecule is CC(C)(CN)c1cccc2c(Br)noc12. The van der Waals surface area contributed by atoms with E-state index < -0.39 is 0 Å². The molecule has 0 aliphatic heterocycles. The Balaban J connectivity index is 2.71. The fourth-order valence-electron chi connectivity index (χ4n) is 1.58. The van der Waals surface area contributed by atoms with Gasteiger partial charge in [-0.15, -0.1) is 0 Å². The number of hydrogen-bond donors (Lipinski definition) is 1. The van der Waals surface area contributed by atoms with Crippen LogP contribution in [0, 0.1) is 0 Å². The summed E-state index contributed by atoms with van der Waals surface area (Å²) in [6.07, 6.45) is 0. The molecule has 0 fully saturated rings. The first-order valence-corrected chi connectivity index (χ1v) is 5.60. The number of para-hydroxylation sites is 1. The molecule has 1 aromatic heterocycles. The number of nitrogens with zero attached hydrogens (tertiary/aromatic N) is 1. The van der Waals surface area contributed by atoms with Crippen molar-refractivity contribution in [2.75, 3.05) is 6.54 Å². The molecule has 80 valence electrons. The summed E-state index contributed by atoms with van der Waals surface area (Å²) in [4.78, 5) is 0. The van der Waals surface area contributed by atoms with Gasteiger partial charge in [0.25, 0.3) is 0 Å². The van der Waals surface area contributed by atoms with E-state index in [1.165, 1.54) is 0 Å². The van der Waals surface area contributed by atoms with E-state index in [0.29, 0.717) is 6.54 Å². The highest BCUT2D eigenvalue weighted by atomic mass is 79.9. The van der Waals surface area contributed by atoms with Gasteiger partial charge in [0.15, 0.2) is 10.2 Å². The lowest BCUT2D eigenvalue weighted by atomic mass is 9.84. The molecule has 4 heteroatoms. The van der Waals surface area contributed by atoms with Crippen molar-refractivity contribution in [3.05, 3.63) is 28.4 Å². The van der Waals surface area contributed by atoms with E-state index in [-0.39, 0.29) is 5.41 Å². The minimum Gasteiger partial charge on any atom is -0.355 e. The molecule has 0 saturated heterocycles. The molecular formula is C11H13BrN2O. The molecule has 0 aliphatic rings. The largest absolute Gasteiger partial charge is 0.355 e. The molecule has 2 N–H and O–H groups in total. The molecule has 0 unspecified atom stereocenters. The Bertz CT molecular complexity index is 490. The molecule has 2 rings (SSSR count). The maximum Gasteiger partial charge on any atom is 0.171 e. The monoisotopic (exact) mass is 268 g/mol. The minimum absolute atomic E-state index is 0.0987. The highest BCUT2D eigenvalue weighted by Crippen LogP contribution is 2.32. The Kier molecular flexibility index (Phi) is 2.56. The molecule has 15 heavy (non-hydrogen) atoms. The van der Waals surface area contributed by atoms with E-state index in [0.717, 1.165) is 21.1 Å². The van der Waals surface area contributed by atoms with Crippen LogP contribution < -0.4 is 5.73 Å². The molecule has 3 nitrogen and oxygen atoms in total.